The molecule has 2 unspecified atom stereocenters. The Morgan fingerprint density at radius 3 is 2.95 bits per heavy atom. The van der Waals surface area contributed by atoms with E-state index in [1.165, 1.54) is 25.0 Å². The van der Waals surface area contributed by atoms with E-state index in [1.54, 1.807) is 0 Å². The van der Waals surface area contributed by atoms with Crippen LogP contribution < -0.4 is 0 Å². The highest BCUT2D eigenvalue weighted by atomic mass is 79.9. The first-order valence-corrected chi connectivity index (χ1v) is 8.83. The van der Waals surface area contributed by atoms with E-state index < -0.39 is 0 Å². The first kappa shape index (κ1) is 15.3. The van der Waals surface area contributed by atoms with Gasteiger partial charge < -0.3 is 9.47 Å². The summed E-state index contributed by atoms with van der Waals surface area (Å²) in [7, 11) is 0. The van der Waals surface area contributed by atoms with Crippen LogP contribution in [0.5, 0.6) is 0 Å². The van der Waals surface area contributed by atoms with E-state index in [0.717, 1.165) is 28.9 Å². The van der Waals surface area contributed by atoms with Crippen molar-refractivity contribution < 1.29 is 0 Å². The first-order chi connectivity index (χ1) is 10.1. The third-order valence-electron chi connectivity index (χ3n) is 4.35. The van der Waals surface area contributed by atoms with E-state index in [1.807, 2.05) is 6.92 Å². The summed E-state index contributed by atoms with van der Waals surface area (Å²) in [5.74, 6) is 1.68. The number of rotatable bonds is 4. The van der Waals surface area contributed by atoms with Crippen LogP contribution in [0.3, 0.4) is 0 Å². The molecule has 0 aliphatic carbocycles. The zero-order chi connectivity index (χ0) is 15.0. The van der Waals surface area contributed by atoms with Crippen LogP contribution >= 0.6 is 27.5 Å². The van der Waals surface area contributed by atoms with E-state index in [-0.39, 0.29) is 5.38 Å². The van der Waals surface area contributed by atoms with Crippen molar-refractivity contribution in [3.63, 3.8) is 0 Å². The predicted octanol–water partition coefficient (Wildman–Crippen LogP) is 4.44. The first-order valence-electron chi connectivity index (χ1n) is 7.60. The molecule has 0 bridgehead atoms. The van der Waals surface area contributed by atoms with Gasteiger partial charge in [-0.05, 0) is 50.6 Å². The zero-order valence-electron chi connectivity index (χ0n) is 12.5. The Labute approximate surface area is 139 Å². The summed E-state index contributed by atoms with van der Waals surface area (Å²) >= 11 is 9.88. The molecule has 1 aromatic heterocycles. The van der Waals surface area contributed by atoms with Gasteiger partial charge in [0.15, 0.2) is 0 Å². The topological polar surface area (TPSA) is 21.1 Å². The Bertz CT molecular complexity index is 638. The fourth-order valence-electron chi connectivity index (χ4n) is 3.22. The van der Waals surface area contributed by atoms with Crippen molar-refractivity contribution in [2.24, 2.45) is 5.92 Å². The summed E-state index contributed by atoms with van der Waals surface area (Å²) in [6.45, 7) is 8.79. The average Bonchev–Trinajstić information content (AvgIpc) is 3.04. The Kier molecular flexibility index (Phi) is 4.57. The zero-order valence-corrected chi connectivity index (χ0v) is 14.9. The molecular weight excluding hydrogens is 350 g/mol. The number of benzene rings is 1. The number of nitrogens with zero attached hydrogens (tertiary/aromatic N) is 3. The maximum atomic E-state index is 6.36. The van der Waals surface area contributed by atoms with Crippen LogP contribution in [0.1, 0.15) is 31.5 Å². The van der Waals surface area contributed by atoms with E-state index in [4.69, 9.17) is 16.6 Å². The van der Waals surface area contributed by atoms with Gasteiger partial charge in [0.05, 0.1) is 16.4 Å². The fraction of sp³-hybridized carbons (Fsp3) is 0.562. The van der Waals surface area contributed by atoms with E-state index in [9.17, 15) is 0 Å². The number of aromatic nitrogens is 2. The lowest BCUT2D eigenvalue weighted by atomic mass is 10.1. The van der Waals surface area contributed by atoms with Gasteiger partial charge in [-0.15, -0.1) is 11.6 Å². The molecule has 2 aromatic rings. The predicted molar refractivity (Wildman–Crippen MR) is 91.9 cm³/mol. The van der Waals surface area contributed by atoms with Crippen LogP contribution in [0.4, 0.5) is 0 Å². The quantitative estimate of drug-likeness (QED) is 0.742. The molecular formula is C16H21BrClN3. The molecule has 5 heteroatoms. The molecule has 3 rings (SSSR count). The van der Waals surface area contributed by atoms with Gasteiger partial charge in [-0.3, -0.25) is 0 Å². The highest BCUT2D eigenvalue weighted by Crippen LogP contribution is 2.29. The van der Waals surface area contributed by atoms with Crippen molar-refractivity contribution in [2.45, 2.75) is 32.2 Å². The summed E-state index contributed by atoms with van der Waals surface area (Å²) in [5.41, 5.74) is 2.22. The third-order valence-corrected chi connectivity index (χ3v) is 5.04. The highest BCUT2D eigenvalue weighted by molar-refractivity contribution is 9.10. The molecule has 2 atom stereocenters. The normalized spacial score (nSPS) is 21.2. The van der Waals surface area contributed by atoms with Gasteiger partial charge in [-0.2, -0.15) is 0 Å². The molecule has 21 heavy (non-hydrogen) atoms. The standard InChI is InChI=1S/C16H21BrClN3/c1-3-20-7-6-12(9-20)10-21-15-5-4-13(17)8-14(15)19-16(21)11(2)18/h4-5,8,11-12H,3,6-7,9-10H2,1-2H3. The molecule has 0 radical (unpaired) electrons. The second-order valence-corrected chi connectivity index (χ2v) is 7.45. The molecule has 0 saturated carbocycles. The van der Waals surface area contributed by atoms with Crippen LogP contribution in [0.15, 0.2) is 22.7 Å². The number of imidazole rings is 1. The lowest BCUT2D eigenvalue weighted by Gasteiger charge is -2.16. The van der Waals surface area contributed by atoms with Gasteiger partial charge >= 0.3 is 0 Å². The number of hydrogen-bond acceptors (Lipinski definition) is 2. The van der Waals surface area contributed by atoms with Gasteiger partial charge in [-0.25, -0.2) is 4.98 Å². The van der Waals surface area contributed by atoms with Gasteiger partial charge in [-0.1, -0.05) is 22.9 Å². The molecule has 1 aliphatic heterocycles. The number of likely N-dealkylation sites (tertiary alicyclic amines) is 1. The van der Waals surface area contributed by atoms with Crippen molar-refractivity contribution >= 4 is 38.6 Å². The van der Waals surface area contributed by atoms with Gasteiger partial charge in [0.1, 0.15) is 5.82 Å². The van der Waals surface area contributed by atoms with Crippen molar-refractivity contribution in [2.75, 3.05) is 19.6 Å². The largest absolute Gasteiger partial charge is 0.326 e. The minimum absolute atomic E-state index is 0.0696. The van der Waals surface area contributed by atoms with Gasteiger partial charge in [0.2, 0.25) is 0 Å². The van der Waals surface area contributed by atoms with E-state index >= 15 is 0 Å². The summed E-state index contributed by atoms with van der Waals surface area (Å²) < 4.78 is 3.38. The number of hydrogen-bond donors (Lipinski definition) is 0. The molecule has 3 nitrogen and oxygen atoms in total. The van der Waals surface area contributed by atoms with Crippen LogP contribution in [0, 0.1) is 5.92 Å². The lowest BCUT2D eigenvalue weighted by molar-refractivity contribution is 0.332. The van der Waals surface area contributed by atoms with Crippen molar-refractivity contribution in [3.8, 4) is 0 Å². The highest BCUT2D eigenvalue weighted by Gasteiger charge is 2.24. The van der Waals surface area contributed by atoms with Crippen molar-refractivity contribution in [1.29, 1.82) is 0 Å². The Hall–Kier alpha value is -0.580. The van der Waals surface area contributed by atoms with Crippen LogP contribution in [0.25, 0.3) is 11.0 Å². The maximum Gasteiger partial charge on any atom is 0.127 e. The summed E-state index contributed by atoms with van der Waals surface area (Å²) in [5, 5.41) is -0.0696. The molecule has 0 amide bonds. The summed E-state index contributed by atoms with van der Waals surface area (Å²) in [6, 6.07) is 6.29. The molecule has 1 aliphatic rings. The lowest BCUT2D eigenvalue weighted by Crippen LogP contribution is -2.21. The third kappa shape index (κ3) is 3.13. The molecule has 0 N–H and O–H groups in total. The summed E-state index contributed by atoms with van der Waals surface area (Å²) in [4.78, 5) is 7.26. The van der Waals surface area contributed by atoms with Crippen LogP contribution in [-0.4, -0.2) is 34.1 Å². The SMILES string of the molecule is CCN1CCC(Cn2c(C(C)Cl)nc3cc(Br)ccc32)C1. The van der Waals surface area contributed by atoms with Gasteiger partial charge in [0.25, 0.3) is 0 Å². The Morgan fingerprint density at radius 1 is 1.48 bits per heavy atom. The Morgan fingerprint density at radius 2 is 2.29 bits per heavy atom. The minimum atomic E-state index is -0.0696. The Balaban J connectivity index is 1.94. The van der Waals surface area contributed by atoms with Crippen LogP contribution in [0.2, 0.25) is 0 Å². The van der Waals surface area contributed by atoms with Crippen molar-refractivity contribution in [1.82, 2.24) is 14.5 Å². The smallest absolute Gasteiger partial charge is 0.127 e. The number of alkyl halides is 1. The minimum Gasteiger partial charge on any atom is -0.326 e. The molecule has 1 aromatic carbocycles. The fourth-order valence-corrected chi connectivity index (χ4v) is 3.74. The molecule has 2 heterocycles. The number of fused-ring (bicyclic) bond motifs is 1. The van der Waals surface area contributed by atoms with E-state index in [0.29, 0.717) is 5.92 Å². The monoisotopic (exact) mass is 369 g/mol. The second kappa shape index (κ2) is 6.27. The maximum absolute atomic E-state index is 6.36. The van der Waals surface area contributed by atoms with Crippen LogP contribution in [-0.2, 0) is 6.54 Å². The average molecular weight is 371 g/mol. The molecule has 1 saturated heterocycles. The van der Waals surface area contributed by atoms with E-state index in [2.05, 4.69) is 50.5 Å². The van der Waals surface area contributed by atoms with Gasteiger partial charge in [0, 0.05) is 17.6 Å². The summed E-state index contributed by atoms with van der Waals surface area (Å²) in [6.07, 6.45) is 1.26. The second-order valence-electron chi connectivity index (χ2n) is 5.88. The molecule has 114 valence electrons. The van der Waals surface area contributed by atoms with Crippen molar-refractivity contribution in [3.05, 3.63) is 28.5 Å². The molecule has 1 fully saturated rings. The number of halogens is 2. The molecule has 0 spiro atoms.